The fraction of sp³-hybridized carbons (Fsp3) is 0.615. The fourth-order valence-electron chi connectivity index (χ4n) is 2.36. The van der Waals surface area contributed by atoms with E-state index in [1.54, 1.807) is 6.26 Å². The molecule has 2 heterocycles. The van der Waals surface area contributed by atoms with E-state index in [-0.39, 0.29) is 11.9 Å². The molecule has 0 aromatic carbocycles. The first kappa shape index (κ1) is 13.1. The quantitative estimate of drug-likeness (QED) is 0.848. The van der Waals surface area contributed by atoms with E-state index in [0.717, 1.165) is 25.3 Å². The maximum Gasteiger partial charge on any atom is 0.241 e. The molecule has 0 radical (unpaired) electrons. The summed E-state index contributed by atoms with van der Waals surface area (Å²) in [5.74, 6) is 1.02. The number of furan rings is 1. The van der Waals surface area contributed by atoms with Crippen LogP contribution >= 0.6 is 0 Å². The molecule has 1 saturated heterocycles. The predicted molar refractivity (Wildman–Crippen MR) is 69.1 cm³/mol. The van der Waals surface area contributed by atoms with Crippen molar-refractivity contribution in [3.8, 4) is 0 Å². The Bertz CT molecular complexity index is 378. The number of rotatable bonds is 4. The molecule has 1 N–H and O–H groups in total. The van der Waals surface area contributed by atoms with Crippen molar-refractivity contribution in [2.24, 2.45) is 0 Å². The van der Waals surface area contributed by atoms with E-state index in [1.165, 1.54) is 0 Å². The van der Waals surface area contributed by atoms with E-state index in [1.807, 2.05) is 31.1 Å². The zero-order valence-electron chi connectivity index (χ0n) is 11.1. The number of carbonyl (C=O) groups is 1. The molecule has 5 nitrogen and oxygen atoms in total. The maximum atomic E-state index is 12.5. The van der Waals surface area contributed by atoms with E-state index in [4.69, 9.17) is 4.42 Å². The van der Waals surface area contributed by atoms with Crippen molar-refractivity contribution in [1.29, 1.82) is 0 Å². The van der Waals surface area contributed by atoms with Crippen molar-refractivity contribution in [2.45, 2.75) is 19.0 Å². The lowest BCUT2D eigenvalue weighted by Crippen LogP contribution is -2.48. The van der Waals surface area contributed by atoms with Gasteiger partial charge < -0.3 is 14.6 Å². The van der Waals surface area contributed by atoms with Crippen LogP contribution in [-0.2, 0) is 11.3 Å². The molecule has 1 amide bonds. The van der Waals surface area contributed by atoms with Crippen LogP contribution in [0, 0.1) is 0 Å². The molecule has 0 aliphatic carbocycles. The Balaban J connectivity index is 2.07. The van der Waals surface area contributed by atoms with Crippen LogP contribution in [-0.4, -0.2) is 55.5 Å². The van der Waals surface area contributed by atoms with Gasteiger partial charge in [0.1, 0.15) is 11.8 Å². The smallest absolute Gasteiger partial charge is 0.241 e. The lowest BCUT2D eigenvalue weighted by Gasteiger charge is -2.27. The molecule has 18 heavy (non-hydrogen) atoms. The number of nitrogens with zero attached hydrogens (tertiary/aromatic N) is 2. The Morgan fingerprint density at radius 2 is 2.33 bits per heavy atom. The van der Waals surface area contributed by atoms with Crippen molar-refractivity contribution >= 4 is 5.91 Å². The monoisotopic (exact) mass is 251 g/mol. The molecule has 1 aromatic heterocycles. The zero-order valence-corrected chi connectivity index (χ0v) is 11.1. The van der Waals surface area contributed by atoms with Crippen LogP contribution in [0.3, 0.4) is 0 Å². The SMILES string of the molecule is CNCC1C(=O)N(Cc2ccco2)CCCN1C. The van der Waals surface area contributed by atoms with Gasteiger partial charge in [0.05, 0.1) is 12.8 Å². The average molecular weight is 251 g/mol. The minimum atomic E-state index is -0.0764. The van der Waals surface area contributed by atoms with Crippen molar-refractivity contribution in [2.75, 3.05) is 33.7 Å². The maximum absolute atomic E-state index is 12.5. The van der Waals surface area contributed by atoms with Gasteiger partial charge in [0.15, 0.2) is 0 Å². The molecular weight excluding hydrogens is 230 g/mol. The highest BCUT2D eigenvalue weighted by Crippen LogP contribution is 2.13. The molecule has 1 atom stereocenters. The normalized spacial score (nSPS) is 22.2. The number of hydrogen-bond donors (Lipinski definition) is 1. The van der Waals surface area contributed by atoms with Crippen LogP contribution in [0.1, 0.15) is 12.2 Å². The number of carbonyl (C=O) groups excluding carboxylic acids is 1. The minimum absolute atomic E-state index is 0.0764. The van der Waals surface area contributed by atoms with E-state index < -0.39 is 0 Å². The summed E-state index contributed by atoms with van der Waals surface area (Å²) in [4.78, 5) is 16.5. The Morgan fingerprint density at radius 3 is 3.00 bits per heavy atom. The molecule has 2 rings (SSSR count). The number of hydrogen-bond acceptors (Lipinski definition) is 4. The summed E-state index contributed by atoms with van der Waals surface area (Å²) < 4.78 is 5.32. The van der Waals surface area contributed by atoms with Crippen molar-refractivity contribution in [3.05, 3.63) is 24.2 Å². The Labute approximate surface area is 108 Å². The minimum Gasteiger partial charge on any atom is -0.467 e. The van der Waals surface area contributed by atoms with Crippen LogP contribution in [0.2, 0.25) is 0 Å². The molecule has 0 spiro atoms. The molecule has 100 valence electrons. The highest BCUT2D eigenvalue weighted by atomic mass is 16.3. The molecule has 1 unspecified atom stereocenters. The third-order valence-electron chi connectivity index (χ3n) is 3.39. The topological polar surface area (TPSA) is 48.7 Å². The third kappa shape index (κ3) is 2.91. The predicted octanol–water partition coefficient (Wildman–Crippen LogP) is 0.532. The second-order valence-corrected chi connectivity index (χ2v) is 4.75. The van der Waals surface area contributed by atoms with E-state index in [0.29, 0.717) is 13.1 Å². The van der Waals surface area contributed by atoms with Gasteiger partial charge in [-0.25, -0.2) is 0 Å². The molecule has 5 heteroatoms. The van der Waals surface area contributed by atoms with Crippen molar-refractivity contribution in [1.82, 2.24) is 15.1 Å². The Hall–Kier alpha value is -1.33. The first-order chi connectivity index (χ1) is 8.72. The lowest BCUT2D eigenvalue weighted by molar-refractivity contribution is -0.135. The first-order valence-electron chi connectivity index (χ1n) is 6.38. The van der Waals surface area contributed by atoms with Crippen molar-refractivity contribution < 1.29 is 9.21 Å². The van der Waals surface area contributed by atoms with Gasteiger partial charge in [-0.05, 0) is 32.6 Å². The van der Waals surface area contributed by atoms with Gasteiger partial charge in [0.2, 0.25) is 5.91 Å². The van der Waals surface area contributed by atoms with Gasteiger partial charge in [0, 0.05) is 19.6 Å². The lowest BCUT2D eigenvalue weighted by atomic mass is 10.2. The van der Waals surface area contributed by atoms with Crippen LogP contribution in [0.4, 0.5) is 0 Å². The van der Waals surface area contributed by atoms with E-state index >= 15 is 0 Å². The molecule has 0 bridgehead atoms. The summed E-state index contributed by atoms with van der Waals surface area (Å²) in [6.45, 7) is 3.00. The molecule has 1 aliphatic heterocycles. The third-order valence-corrected chi connectivity index (χ3v) is 3.39. The molecule has 1 fully saturated rings. The van der Waals surface area contributed by atoms with Gasteiger partial charge in [-0.1, -0.05) is 0 Å². The standard InChI is InChI=1S/C13H21N3O2/c1-14-9-12-13(17)16(7-4-6-15(12)2)10-11-5-3-8-18-11/h3,5,8,12,14H,4,6-7,9-10H2,1-2H3. The van der Waals surface area contributed by atoms with E-state index in [9.17, 15) is 4.79 Å². The fourth-order valence-corrected chi connectivity index (χ4v) is 2.36. The second kappa shape index (κ2) is 6.02. The summed E-state index contributed by atoms with van der Waals surface area (Å²) in [6.07, 6.45) is 2.65. The van der Waals surface area contributed by atoms with Gasteiger partial charge in [-0.3, -0.25) is 9.69 Å². The van der Waals surface area contributed by atoms with Gasteiger partial charge in [0.25, 0.3) is 0 Å². The Morgan fingerprint density at radius 1 is 1.50 bits per heavy atom. The summed E-state index contributed by atoms with van der Waals surface area (Å²) in [5.41, 5.74) is 0. The summed E-state index contributed by atoms with van der Waals surface area (Å²) in [6, 6.07) is 3.69. The van der Waals surface area contributed by atoms with E-state index in [2.05, 4.69) is 10.2 Å². The average Bonchev–Trinajstić information content (AvgIpc) is 2.82. The summed E-state index contributed by atoms with van der Waals surface area (Å²) >= 11 is 0. The molecular formula is C13H21N3O2. The molecule has 1 aliphatic rings. The van der Waals surface area contributed by atoms with Gasteiger partial charge in [-0.2, -0.15) is 0 Å². The molecule has 1 aromatic rings. The van der Waals surface area contributed by atoms with Crippen LogP contribution in [0.25, 0.3) is 0 Å². The van der Waals surface area contributed by atoms with Crippen molar-refractivity contribution in [3.63, 3.8) is 0 Å². The number of amides is 1. The van der Waals surface area contributed by atoms with Gasteiger partial charge >= 0.3 is 0 Å². The highest BCUT2D eigenvalue weighted by Gasteiger charge is 2.30. The largest absolute Gasteiger partial charge is 0.467 e. The van der Waals surface area contributed by atoms with Crippen LogP contribution in [0.5, 0.6) is 0 Å². The van der Waals surface area contributed by atoms with Crippen LogP contribution in [0.15, 0.2) is 22.8 Å². The Kier molecular flexibility index (Phi) is 4.38. The second-order valence-electron chi connectivity index (χ2n) is 4.75. The summed E-state index contributed by atoms with van der Waals surface area (Å²) in [7, 11) is 3.89. The number of likely N-dealkylation sites (N-methyl/N-ethyl adjacent to an activating group) is 2. The number of nitrogens with one attached hydrogen (secondary N) is 1. The zero-order chi connectivity index (χ0) is 13.0. The van der Waals surface area contributed by atoms with Gasteiger partial charge in [-0.15, -0.1) is 0 Å². The summed E-state index contributed by atoms with van der Waals surface area (Å²) in [5, 5.41) is 3.09. The first-order valence-corrected chi connectivity index (χ1v) is 6.38. The molecule has 0 saturated carbocycles. The van der Waals surface area contributed by atoms with Crippen LogP contribution < -0.4 is 5.32 Å². The highest BCUT2D eigenvalue weighted by molar-refractivity contribution is 5.82.